The second kappa shape index (κ2) is 9.89. The third-order valence-electron chi connectivity index (χ3n) is 4.24. The topological polar surface area (TPSA) is 86.8 Å². The number of carbonyl (C=O) groups excluding carboxylic acids is 2. The fraction of sp³-hybridized carbons (Fsp3) is 0.227. The molecular formula is C22H22N2O5S. The Morgan fingerprint density at radius 1 is 1.10 bits per heavy atom. The molecule has 1 amide bonds. The smallest absolute Gasteiger partial charge is 0.325 e. The normalized spacial score (nSPS) is 10.4. The van der Waals surface area contributed by atoms with Crippen LogP contribution < -0.4 is 14.8 Å². The Balaban J connectivity index is 1.55. The predicted molar refractivity (Wildman–Crippen MR) is 114 cm³/mol. The predicted octanol–water partition coefficient (Wildman–Crippen LogP) is 3.61. The molecule has 156 valence electrons. The number of hydrogen-bond donors (Lipinski definition) is 1. The summed E-state index contributed by atoms with van der Waals surface area (Å²) in [7, 11) is 3.15. The minimum absolute atomic E-state index is 0.0158. The number of nitrogens with one attached hydrogen (secondary N) is 1. The largest absolute Gasteiger partial charge is 0.493 e. The zero-order valence-electron chi connectivity index (χ0n) is 16.9. The SMILES string of the molecule is COc1cccc(-c2nc(COC(=O)CNC(=O)c3cccc(C)c3)cs2)c1OC. The second-order valence-corrected chi connectivity index (χ2v) is 7.26. The van der Waals surface area contributed by atoms with Crippen LogP contribution in [0.15, 0.2) is 47.8 Å². The van der Waals surface area contributed by atoms with Crippen molar-refractivity contribution in [2.75, 3.05) is 20.8 Å². The first-order chi connectivity index (χ1) is 14.5. The van der Waals surface area contributed by atoms with Gasteiger partial charge < -0.3 is 19.5 Å². The number of carbonyl (C=O) groups is 2. The van der Waals surface area contributed by atoms with Crippen LogP contribution in [-0.2, 0) is 16.1 Å². The highest BCUT2D eigenvalue weighted by atomic mass is 32.1. The molecule has 0 saturated heterocycles. The third-order valence-corrected chi connectivity index (χ3v) is 5.16. The average Bonchev–Trinajstić information content (AvgIpc) is 3.24. The summed E-state index contributed by atoms with van der Waals surface area (Å²) in [4.78, 5) is 28.6. The molecular weight excluding hydrogens is 404 g/mol. The molecule has 3 aromatic rings. The number of esters is 1. The number of hydrogen-bond acceptors (Lipinski definition) is 7. The van der Waals surface area contributed by atoms with E-state index in [0.717, 1.165) is 16.1 Å². The fourth-order valence-corrected chi connectivity index (χ4v) is 3.62. The highest BCUT2D eigenvalue weighted by Gasteiger charge is 2.15. The number of benzene rings is 2. The number of aryl methyl sites for hydroxylation is 1. The Morgan fingerprint density at radius 2 is 1.90 bits per heavy atom. The molecule has 0 spiro atoms. The Labute approximate surface area is 178 Å². The van der Waals surface area contributed by atoms with Gasteiger partial charge in [-0.1, -0.05) is 23.8 Å². The van der Waals surface area contributed by atoms with Crippen LogP contribution in [0.1, 0.15) is 21.6 Å². The molecule has 0 bridgehead atoms. The van der Waals surface area contributed by atoms with Gasteiger partial charge in [0.05, 0.1) is 25.5 Å². The van der Waals surface area contributed by atoms with Gasteiger partial charge in [0, 0.05) is 10.9 Å². The van der Waals surface area contributed by atoms with Crippen LogP contribution in [-0.4, -0.2) is 37.6 Å². The molecule has 7 nitrogen and oxygen atoms in total. The first kappa shape index (κ1) is 21.3. The van der Waals surface area contributed by atoms with Gasteiger partial charge in [0.2, 0.25) is 0 Å². The summed E-state index contributed by atoms with van der Waals surface area (Å²) in [6.45, 7) is 1.70. The Kier molecular flexibility index (Phi) is 7.03. The van der Waals surface area contributed by atoms with Crippen LogP contribution >= 0.6 is 11.3 Å². The number of nitrogens with zero attached hydrogens (tertiary/aromatic N) is 1. The number of ether oxygens (including phenoxy) is 3. The van der Waals surface area contributed by atoms with E-state index in [1.807, 2.05) is 36.6 Å². The molecule has 0 radical (unpaired) electrons. The summed E-state index contributed by atoms with van der Waals surface area (Å²) in [6.07, 6.45) is 0. The molecule has 2 aromatic carbocycles. The lowest BCUT2D eigenvalue weighted by atomic mass is 10.1. The molecule has 0 unspecified atom stereocenters. The van der Waals surface area contributed by atoms with Crippen molar-refractivity contribution in [2.24, 2.45) is 0 Å². The van der Waals surface area contributed by atoms with E-state index >= 15 is 0 Å². The van der Waals surface area contributed by atoms with Crippen molar-refractivity contribution in [1.29, 1.82) is 0 Å². The molecule has 3 rings (SSSR count). The molecule has 8 heteroatoms. The number of rotatable bonds is 8. The van der Waals surface area contributed by atoms with Crippen LogP contribution in [0.4, 0.5) is 0 Å². The van der Waals surface area contributed by atoms with Crippen molar-refractivity contribution in [1.82, 2.24) is 10.3 Å². The molecule has 30 heavy (non-hydrogen) atoms. The summed E-state index contributed by atoms with van der Waals surface area (Å²) in [5.74, 6) is 0.348. The summed E-state index contributed by atoms with van der Waals surface area (Å²) in [6, 6.07) is 12.7. The lowest BCUT2D eigenvalue weighted by molar-refractivity contribution is -0.143. The van der Waals surface area contributed by atoms with Crippen LogP contribution in [0, 0.1) is 6.92 Å². The fourth-order valence-electron chi connectivity index (χ4n) is 2.80. The van der Waals surface area contributed by atoms with Crippen LogP contribution in [0.3, 0.4) is 0 Å². The van der Waals surface area contributed by atoms with Gasteiger partial charge in [-0.05, 0) is 31.2 Å². The summed E-state index contributed by atoms with van der Waals surface area (Å²) < 4.78 is 16.0. The maximum atomic E-state index is 12.1. The van der Waals surface area contributed by atoms with E-state index in [1.54, 1.807) is 32.4 Å². The molecule has 0 aliphatic heterocycles. The van der Waals surface area contributed by atoms with Gasteiger partial charge in [-0.2, -0.15) is 0 Å². The van der Waals surface area contributed by atoms with Crippen LogP contribution in [0.25, 0.3) is 10.6 Å². The Hall–Kier alpha value is -3.39. The van der Waals surface area contributed by atoms with Crippen molar-refractivity contribution in [3.63, 3.8) is 0 Å². The summed E-state index contributed by atoms with van der Waals surface area (Å²) in [5, 5.41) is 5.10. The maximum Gasteiger partial charge on any atom is 0.325 e. The molecule has 0 aliphatic carbocycles. The van der Waals surface area contributed by atoms with Crippen LogP contribution in [0.2, 0.25) is 0 Å². The molecule has 0 aliphatic rings. The van der Waals surface area contributed by atoms with Crippen molar-refractivity contribution in [3.8, 4) is 22.1 Å². The first-order valence-corrected chi connectivity index (χ1v) is 10.1. The molecule has 0 fully saturated rings. The standard InChI is InChI=1S/C22H22N2O5S/c1-14-6-4-7-15(10-14)21(26)23-11-19(25)29-12-16-13-30-22(24-16)17-8-5-9-18(27-2)20(17)28-3/h4-10,13H,11-12H2,1-3H3,(H,23,26). The maximum absolute atomic E-state index is 12.1. The third kappa shape index (κ3) is 5.15. The van der Waals surface area contributed by atoms with E-state index in [1.165, 1.54) is 11.3 Å². The quantitative estimate of drug-likeness (QED) is 0.554. The van der Waals surface area contributed by atoms with Crippen molar-refractivity contribution >= 4 is 23.2 Å². The number of aromatic nitrogens is 1. The summed E-state index contributed by atoms with van der Waals surface area (Å²) in [5.41, 5.74) is 2.87. The van der Waals surface area contributed by atoms with Gasteiger partial charge in [-0.3, -0.25) is 9.59 Å². The molecule has 0 saturated carbocycles. The number of methoxy groups -OCH3 is 2. The van der Waals surface area contributed by atoms with E-state index in [9.17, 15) is 9.59 Å². The van der Waals surface area contributed by atoms with Gasteiger partial charge in [0.25, 0.3) is 5.91 Å². The number of amides is 1. The lowest BCUT2D eigenvalue weighted by Gasteiger charge is -2.10. The Bertz CT molecular complexity index is 1050. The van der Waals surface area contributed by atoms with Crippen molar-refractivity contribution < 1.29 is 23.8 Å². The summed E-state index contributed by atoms with van der Waals surface area (Å²) >= 11 is 1.41. The number of para-hydroxylation sites is 1. The van der Waals surface area contributed by atoms with E-state index in [-0.39, 0.29) is 19.1 Å². The minimum atomic E-state index is -0.537. The Morgan fingerprint density at radius 3 is 2.63 bits per heavy atom. The molecule has 1 N–H and O–H groups in total. The molecule has 0 atom stereocenters. The van der Waals surface area contributed by atoms with Gasteiger partial charge in [-0.15, -0.1) is 11.3 Å². The van der Waals surface area contributed by atoms with E-state index in [4.69, 9.17) is 14.2 Å². The van der Waals surface area contributed by atoms with Gasteiger partial charge in [0.15, 0.2) is 11.5 Å². The highest BCUT2D eigenvalue weighted by molar-refractivity contribution is 7.13. The van der Waals surface area contributed by atoms with Crippen molar-refractivity contribution in [3.05, 3.63) is 64.7 Å². The van der Waals surface area contributed by atoms with Crippen LogP contribution in [0.5, 0.6) is 11.5 Å². The van der Waals surface area contributed by atoms with Gasteiger partial charge >= 0.3 is 5.97 Å². The minimum Gasteiger partial charge on any atom is -0.493 e. The zero-order chi connectivity index (χ0) is 21.5. The van der Waals surface area contributed by atoms with Gasteiger partial charge in [-0.25, -0.2) is 4.98 Å². The second-order valence-electron chi connectivity index (χ2n) is 6.40. The zero-order valence-corrected chi connectivity index (χ0v) is 17.7. The molecule has 1 aromatic heterocycles. The van der Waals surface area contributed by atoms with E-state index in [0.29, 0.717) is 22.8 Å². The lowest BCUT2D eigenvalue weighted by Crippen LogP contribution is -2.30. The van der Waals surface area contributed by atoms with Crippen molar-refractivity contribution in [2.45, 2.75) is 13.5 Å². The van der Waals surface area contributed by atoms with E-state index in [2.05, 4.69) is 10.3 Å². The monoisotopic (exact) mass is 426 g/mol. The van der Waals surface area contributed by atoms with Gasteiger partial charge in [0.1, 0.15) is 18.2 Å². The average molecular weight is 426 g/mol. The highest BCUT2D eigenvalue weighted by Crippen LogP contribution is 2.38. The van der Waals surface area contributed by atoms with E-state index < -0.39 is 5.97 Å². The first-order valence-electron chi connectivity index (χ1n) is 9.18. The molecule has 1 heterocycles. The number of thiazole rings is 1.